The Labute approximate surface area is 123 Å². The maximum absolute atomic E-state index is 12.1. The predicted molar refractivity (Wildman–Crippen MR) is 81.7 cm³/mol. The molecule has 0 heterocycles. The fourth-order valence-corrected chi connectivity index (χ4v) is 2.13. The van der Waals surface area contributed by atoms with E-state index in [1.807, 2.05) is 43.3 Å². The molecular weight excluding hydrogens is 272 g/mol. The van der Waals surface area contributed by atoms with E-state index in [9.17, 15) is 4.79 Å². The lowest BCUT2D eigenvalue weighted by Crippen LogP contribution is -2.26. The van der Waals surface area contributed by atoms with E-state index in [1.54, 1.807) is 12.1 Å². The first kappa shape index (κ1) is 14.6. The van der Waals surface area contributed by atoms with E-state index >= 15 is 0 Å². The largest absolute Gasteiger partial charge is 0.346 e. The van der Waals surface area contributed by atoms with Crippen molar-refractivity contribution in [3.8, 4) is 0 Å². The van der Waals surface area contributed by atoms with Gasteiger partial charge in [-0.3, -0.25) is 4.79 Å². The molecule has 104 valence electrons. The molecule has 0 aromatic heterocycles. The van der Waals surface area contributed by atoms with Crippen LogP contribution in [0.2, 0.25) is 5.02 Å². The Morgan fingerprint density at radius 1 is 1.25 bits per heavy atom. The molecule has 3 N–H and O–H groups in total. The van der Waals surface area contributed by atoms with Crippen molar-refractivity contribution in [2.75, 3.05) is 0 Å². The molecule has 0 fully saturated rings. The number of halogens is 1. The molecule has 1 amide bonds. The highest BCUT2D eigenvalue weighted by atomic mass is 35.5. The Morgan fingerprint density at radius 2 is 1.95 bits per heavy atom. The normalized spacial score (nSPS) is 11.9. The van der Waals surface area contributed by atoms with Crippen molar-refractivity contribution in [1.29, 1.82) is 0 Å². The zero-order valence-electron chi connectivity index (χ0n) is 11.3. The summed E-state index contributed by atoms with van der Waals surface area (Å²) in [7, 11) is 0. The van der Waals surface area contributed by atoms with Crippen LogP contribution >= 0.6 is 11.6 Å². The van der Waals surface area contributed by atoms with Crippen molar-refractivity contribution in [3.63, 3.8) is 0 Å². The van der Waals surface area contributed by atoms with Crippen molar-refractivity contribution in [2.24, 2.45) is 5.73 Å². The lowest BCUT2D eigenvalue weighted by atomic mass is 10.1. The summed E-state index contributed by atoms with van der Waals surface area (Å²) in [4.78, 5) is 12.1. The fourth-order valence-electron chi connectivity index (χ4n) is 1.93. The summed E-state index contributed by atoms with van der Waals surface area (Å²) in [6.07, 6.45) is 0. The molecule has 4 heteroatoms. The third-order valence-electron chi connectivity index (χ3n) is 3.15. The summed E-state index contributed by atoms with van der Waals surface area (Å²) in [5.41, 5.74) is 8.14. The number of hydrogen-bond donors (Lipinski definition) is 2. The topological polar surface area (TPSA) is 55.1 Å². The van der Waals surface area contributed by atoms with E-state index in [0.29, 0.717) is 17.1 Å². The van der Waals surface area contributed by atoms with Gasteiger partial charge in [0.1, 0.15) is 0 Å². The van der Waals surface area contributed by atoms with Gasteiger partial charge in [0.15, 0.2) is 0 Å². The van der Waals surface area contributed by atoms with Gasteiger partial charge in [-0.2, -0.15) is 0 Å². The second kappa shape index (κ2) is 6.55. The molecule has 0 bridgehead atoms. The van der Waals surface area contributed by atoms with Crippen LogP contribution in [0.1, 0.15) is 34.5 Å². The molecule has 0 aliphatic heterocycles. The summed E-state index contributed by atoms with van der Waals surface area (Å²) < 4.78 is 0. The first-order valence-corrected chi connectivity index (χ1v) is 6.83. The van der Waals surface area contributed by atoms with Crippen LogP contribution in [-0.2, 0) is 6.54 Å². The molecule has 2 aromatic carbocycles. The van der Waals surface area contributed by atoms with Crippen LogP contribution in [0.3, 0.4) is 0 Å². The number of nitrogens with one attached hydrogen (secondary N) is 1. The molecule has 3 nitrogen and oxygen atoms in total. The Morgan fingerprint density at radius 3 is 2.55 bits per heavy atom. The number of hydrogen-bond acceptors (Lipinski definition) is 2. The second-order valence-electron chi connectivity index (χ2n) is 4.65. The molecule has 20 heavy (non-hydrogen) atoms. The van der Waals surface area contributed by atoms with Crippen LogP contribution in [0.4, 0.5) is 0 Å². The average molecular weight is 289 g/mol. The summed E-state index contributed by atoms with van der Waals surface area (Å²) in [5, 5.41) is 3.61. The Bertz CT molecular complexity index is 596. The van der Waals surface area contributed by atoms with Gasteiger partial charge < -0.3 is 11.1 Å². The molecule has 0 unspecified atom stereocenters. The highest BCUT2D eigenvalue weighted by molar-refractivity contribution is 6.30. The summed E-state index contributed by atoms with van der Waals surface area (Å²) in [5.74, 6) is -0.110. The molecule has 0 aliphatic rings. The van der Waals surface area contributed by atoms with E-state index in [1.165, 1.54) is 0 Å². The second-order valence-corrected chi connectivity index (χ2v) is 5.09. The highest BCUT2D eigenvalue weighted by Gasteiger charge is 2.11. The van der Waals surface area contributed by atoms with Crippen molar-refractivity contribution < 1.29 is 4.79 Å². The quantitative estimate of drug-likeness (QED) is 0.907. The van der Waals surface area contributed by atoms with E-state index in [2.05, 4.69) is 5.32 Å². The summed E-state index contributed by atoms with van der Waals surface area (Å²) in [6, 6.07) is 14.7. The van der Waals surface area contributed by atoms with Crippen molar-refractivity contribution >= 4 is 17.5 Å². The van der Waals surface area contributed by atoms with Gasteiger partial charge >= 0.3 is 0 Å². The van der Waals surface area contributed by atoms with Crippen LogP contribution in [-0.4, -0.2) is 5.91 Å². The smallest absolute Gasteiger partial charge is 0.251 e. The number of carbonyl (C=O) groups is 1. The number of nitrogens with two attached hydrogens (primary N) is 1. The van der Waals surface area contributed by atoms with Crippen molar-refractivity contribution in [2.45, 2.75) is 19.5 Å². The van der Waals surface area contributed by atoms with Crippen LogP contribution in [0.25, 0.3) is 0 Å². The Balaban J connectivity index is 2.06. The minimum absolute atomic E-state index is 0.101. The predicted octanol–water partition coefficient (Wildman–Crippen LogP) is 3.29. The molecular formula is C16H17ClN2O. The zero-order chi connectivity index (χ0) is 14.5. The third-order valence-corrected chi connectivity index (χ3v) is 3.38. The van der Waals surface area contributed by atoms with Gasteiger partial charge in [-0.05, 0) is 42.3 Å². The zero-order valence-corrected chi connectivity index (χ0v) is 12.0. The summed E-state index contributed by atoms with van der Waals surface area (Å²) >= 11 is 5.95. The molecule has 0 aliphatic carbocycles. The monoisotopic (exact) mass is 288 g/mol. The Hall–Kier alpha value is -1.84. The van der Waals surface area contributed by atoms with E-state index < -0.39 is 0 Å². The maximum Gasteiger partial charge on any atom is 0.251 e. The SMILES string of the molecule is C[C@@H](NC(=O)c1ccc(CN)cc1)c1cccc(Cl)c1. The number of carbonyl (C=O) groups excluding carboxylic acids is 1. The molecule has 0 radical (unpaired) electrons. The third kappa shape index (κ3) is 3.59. The van der Waals surface area contributed by atoms with Gasteiger partial charge in [-0.1, -0.05) is 35.9 Å². The molecule has 2 aromatic rings. The fraction of sp³-hybridized carbons (Fsp3) is 0.188. The number of rotatable bonds is 4. The van der Waals surface area contributed by atoms with Crippen molar-refractivity contribution in [3.05, 3.63) is 70.2 Å². The van der Waals surface area contributed by atoms with Crippen LogP contribution < -0.4 is 11.1 Å². The van der Waals surface area contributed by atoms with Gasteiger partial charge in [0.25, 0.3) is 5.91 Å². The number of amides is 1. The van der Waals surface area contributed by atoms with E-state index in [4.69, 9.17) is 17.3 Å². The van der Waals surface area contributed by atoms with Gasteiger partial charge in [0.05, 0.1) is 6.04 Å². The number of benzene rings is 2. The Kier molecular flexibility index (Phi) is 4.77. The van der Waals surface area contributed by atoms with Gasteiger partial charge in [0, 0.05) is 17.1 Å². The van der Waals surface area contributed by atoms with E-state index in [0.717, 1.165) is 11.1 Å². The molecule has 0 saturated heterocycles. The van der Waals surface area contributed by atoms with Crippen LogP contribution in [0.5, 0.6) is 0 Å². The van der Waals surface area contributed by atoms with Crippen LogP contribution in [0, 0.1) is 0 Å². The maximum atomic E-state index is 12.1. The first-order chi connectivity index (χ1) is 9.60. The van der Waals surface area contributed by atoms with Gasteiger partial charge in [-0.15, -0.1) is 0 Å². The van der Waals surface area contributed by atoms with Crippen LogP contribution in [0.15, 0.2) is 48.5 Å². The lowest BCUT2D eigenvalue weighted by Gasteiger charge is -2.14. The summed E-state index contributed by atoms with van der Waals surface area (Å²) in [6.45, 7) is 2.40. The average Bonchev–Trinajstić information content (AvgIpc) is 2.47. The first-order valence-electron chi connectivity index (χ1n) is 6.45. The minimum atomic E-state index is -0.110. The minimum Gasteiger partial charge on any atom is -0.346 e. The van der Waals surface area contributed by atoms with E-state index in [-0.39, 0.29) is 11.9 Å². The van der Waals surface area contributed by atoms with Crippen molar-refractivity contribution in [1.82, 2.24) is 5.32 Å². The highest BCUT2D eigenvalue weighted by Crippen LogP contribution is 2.17. The molecule has 1 atom stereocenters. The molecule has 2 rings (SSSR count). The van der Waals surface area contributed by atoms with Gasteiger partial charge in [0.2, 0.25) is 0 Å². The van der Waals surface area contributed by atoms with Gasteiger partial charge in [-0.25, -0.2) is 0 Å². The molecule has 0 saturated carbocycles. The molecule has 0 spiro atoms. The standard InChI is InChI=1S/C16H17ClN2O/c1-11(14-3-2-4-15(17)9-14)19-16(20)13-7-5-12(10-18)6-8-13/h2-9,11H,10,18H2,1H3,(H,19,20)/t11-/m1/s1. The lowest BCUT2D eigenvalue weighted by molar-refractivity contribution is 0.0940.